The minimum Gasteiger partial charge on any atom is -0.367 e. The predicted molar refractivity (Wildman–Crippen MR) is 141 cm³/mol. The summed E-state index contributed by atoms with van der Waals surface area (Å²) in [5.41, 5.74) is 2.50. The maximum Gasteiger partial charge on any atom is 0.255 e. The normalized spacial score (nSPS) is 19.5. The third kappa shape index (κ3) is 4.82. The summed E-state index contributed by atoms with van der Waals surface area (Å²) in [6.45, 7) is 4.70. The van der Waals surface area contributed by atoms with Crippen LogP contribution in [0, 0.1) is 18.6 Å². The van der Waals surface area contributed by atoms with Gasteiger partial charge < -0.3 is 14.5 Å². The van der Waals surface area contributed by atoms with E-state index < -0.39 is 11.6 Å². The van der Waals surface area contributed by atoms with Gasteiger partial charge in [0.25, 0.3) is 5.91 Å². The Labute approximate surface area is 224 Å². The van der Waals surface area contributed by atoms with E-state index in [9.17, 15) is 9.18 Å². The molecule has 9 nitrogen and oxygen atoms in total. The Balaban J connectivity index is 1.46. The molecule has 0 N–H and O–H groups in total. The maximum absolute atomic E-state index is 15.1. The van der Waals surface area contributed by atoms with Gasteiger partial charge in [0.2, 0.25) is 5.95 Å². The maximum atomic E-state index is 15.1. The largest absolute Gasteiger partial charge is 0.367 e. The van der Waals surface area contributed by atoms with Crippen molar-refractivity contribution in [1.82, 2.24) is 29.6 Å². The van der Waals surface area contributed by atoms with E-state index in [0.717, 1.165) is 24.5 Å². The number of hydrogen-bond donors (Lipinski definition) is 0. The van der Waals surface area contributed by atoms with Gasteiger partial charge in [-0.15, -0.1) is 0 Å². The van der Waals surface area contributed by atoms with Crippen LogP contribution >= 0.6 is 0 Å². The third-order valence-corrected chi connectivity index (χ3v) is 7.15. The molecule has 4 heterocycles. The molecule has 1 saturated carbocycles. The van der Waals surface area contributed by atoms with Crippen LogP contribution in [0.15, 0.2) is 36.7 Å². The second-order valence-corrected chi connectivity index (χ2v) is 10.5. The number of nitrogens with zero attached hydrogens (tertiary/aromatic N) is 7. The van der Waals surface area contributed by atoms with Crippen LogP contribution in [-0.2, 0) is 4.74 Å². The van der Waals surface area contributed by atoms with E-state index in [1.54, 1.807) is 27.1 Å². The molecule has 2 fully saturated rings. The quantitative estimate of drug-likeness (QED) is 0.374. The molecule has 0 bridgehead atoms. The van der Waals surface area contributed by atoms with Gasteiger partial charge in [-0.2, -0.15) is 10.1 Å². The number of morpholine rings is 1. The lowest BCUT2D eigenvalue weighted by molar-refractivity contribution is -0.0178. The van der Waals surface area contributed by atoms with Crippen molar-refractivity contribution in [3.63, 3.8) is 0 Å². The first kappa shape index (κ1) is 25.3. The molecule has 1 amide bonds. The number of aromatic nitrogens is 5. The van der Waals surface area contributed by atoms with E-state index >= 15 is 4.39 Å². The minimum atomic E-state index is -0.761. The van der Waals surface area contributed by atoms with Crippen molar-refractivity contribution in [1.29, 1.82) is 0 Å². The summed E-state index contributed by atoms with van der Waals surface area (Å²) < 4.78 is 37.1. The molecular formula is C28H29F2N7O2. The van der Waals surface area contributed by atoms with Gasteiger partial charge in [0.1, 0.15) is 17.7 Å². The molecule has 11 heteroatoms. The molecule has 2 atom stereocenters. The number of pyridine rings is 1. The van der Waals surface area contributed by atoms with Crippen molar-refractivity contribution in [3.05, 3.63) is 65.1 Å². The lowest BCUT2D eigenvalue weighted by atomic mass is 10.0. The molecule has 39 heavy (non-hydrogen) atoms. The molecule has 1 aliphatic heterocycles. The topological polar surface area (TPSA) is 89.3 Å². The molecular weight excluding hydrogens is 504 g/mol. The number of carbonyl (C=O) groups is 1. The summed E-state index contributed by atoms with van der Waals surface area (Å²) >= 11 is 0. The highest BCUT2D eigenvalue weighted by Gasteiger charge is 2.32. The summed E-state index contributed by atoms with van der Waals surface area (Å²) in [6.07, 6.45) is 5.77. The van der Waals surface area contributed by atoms with E-state index in [2.05, 4.69) is 10.1 Å². The molecule has 0 radical (unpaired) electrons. The van der Waals surface area contributed by atoms with Crippen molar-refractivity contribution in [2.75, 3.05) is 32.1 Å². The lowest BCUT2D eigenvalue weighted by Crippen LogP contribution is -2.43. The van der Waals surface area contributed by atoms with Crippen LogP contribution in [-0.4, -0.2) is 68.8 Å². The molecule has 3 aromatic heterocycles. The number of hydrogen-bond acceptors (Lipinski definition) is 7. The zero-order chi connectivity index (χ0) is 27.4. The van der Waals surface area contributed by atoms with Crippen LogP contribution in [0.5, 0.6) is 0 Å². The van der Waals surface area contributed by atoms with E-state index in [0.29, 0.717) is 47.4 Å². The Bertz CT molecular complexity index is 1580. The van der Waals surface area contributed by atoms with Crippen LogP contribution in [0.2, 0.25) is 0 Å². The summed E-state index contributed by atoms with van der Waals surface area (Å²) in [5.74, 6) is -1.34. The summed E-state index contributed by atoms with van der Waals surface area (Å²) in [6, 6.07) is 5.45. The molecule has 4 aromatic rings. The van der Waals surface area contributed by atoms with Crippen molar-refractivity contribution in [2.45, 2.75) is 44.9 Å². The van der Waals surface area contributed by atoms with E-state index in [1.807, 2.05) is 28.9 Å². The van der Waals surface area contributed by atoms with Crippen LogP contribution in [0.3, 0.4) is 0 Å². The second-order valence-electron chi connectivity index (χ2n) is 10.5. The first-order valence-corrected chi connectivity index (χ1v) is 13.0. The number of fused-ring (bicyclic) bond motifs is 1. The number of anilines is 1. The number of carbonyl (C=O) groups excluding carboxylic acids is 1. The Kier molecular flexibility index (Phi) is 6.25. The highest BCUT2D eigenvalue weighted by atomic mass is 19.1. The van der Waals surface area contributed by atoms with E-state index in [1.165, 1.54) is 17.0 Å². The number of amides is 1. The standard InChI is InChI=1S/C28H29F2N7O2/c1-15-12-36(14-24(39-15)17-11-31-37(13-17)19-6-7-19)28-33-25(20-8-5-18(29)9-23(20)30)22-10-21(27(38)35(3)4)16(2)32-26(22)34-28/h5,8-11,13,15,19,24H,6-7,12,14H2,1-4H3. The van der Waals surface area contributed by atoms with Gasteiger partial charge in [0, 0.05) is 49.4 Å². The fourth-order valence-corrected chi connectivity index (χ4v) is 4.97. The summed E-state index contributed by atoms with van der Waals surface area (Å²) in [7, 11) is 3.30. The molecule has 202 valence electrons. The average molecular weight is 534 g/mol. The zero-order valence-electron chi connectivity index (χ0n) is 22.2. The molecule has 1 aromatic carbocycles. The third-order valence-electron chi connectivity index (χ3n) is 7.15. The van der Waals surface area contributed by atoms with Gasteiger partial charge in [-0.25, -0.2) is 18.7 Å². The van der Waals surface area contributed by atoms with Gasteiger partial charge in [-0.3, -0.25) is 9.48 Å². The second kappa shape index (κ2) is 9.64. The Morgan fingerprint density at radius 1 is 1.10 bits per heavy atom. The van der Waals surface area contributed by atoms with Crippen LogP contribution in [0.1, 0.15) is 53.5 Å². The van der Waals surface area contributed by atoms with Crippen molar-refractivity contribution < 1.29 is 18.3 Å². The minimum absolute atomic E-state index is 0.0996. The summed E-state index contributed by atoms with van der Waals surface area (Å²) in [4.78, 5) is 30.4. The van der Waals surface area contributed by atoms with Crippen molar-refractivity contribution in [3.8, 4) is 11.3 Å². The molecule has 2 aliphatic rings. The molecule has 6 rings (SSSR count). The van der Waals surface area contributed by atoms with Crippen molar-refractivity contribution >= 4 is 22.9 Å². The smallest absolute Gasteiger partial charge is 0.255 e. The highest BCUT2D eigenvalue weighted by molar-refractivity contribution is 6.01. The van der Waals surface area contributed by atoms with Crippen molar-refractivity contribution in [2.24, 2.45) is 0 Å². The first-order valence-electron chi connectivity index (χ1n) is 13.0. The van der Waals surface area contributed by atoms with Gasteiger partial charge in [-0.1, -0.05) is 0 Å². The highest BCUT2D eigenvalue weighted by Crippen LogP contribution is 2.36. The number of ether oxygens (including phenoxy) is 1. The molecule has 1 saturated heterocycles. The van der Waals surface area contributed by atoms with E-state index in [4.69, 9.17) is 14.7 Å². The first-order chi connectivity index (χ1) is 18.7. The molecule has 0 spiro atoms. The van der Waals surface area contributed by atoms with E-state index in [-0.39, 0.29) is 29.4 Å². The number of halogens is 2. The SMILES string of the molecule is Cc1nc2nc(N3CC(C)OC(c4cnn(C5CC5)c4)C3)nc(-c3ccc(F)cc3F)c2cc1C(=O)N(C)C. The monoisotopic (exact) mass is 533 g/mol. The van der Waals surface area contributed by atoms with Gasteiger partial charge >= 0.3 is 0 Å². The fraction of sp³-hybridized carbons (Fsp3) is 0.393. The van der Waals surface area contributed by atoms with Crippen LogP contribution in [0.25, 0.3) is 22.3 Å². The van der Waals surface area contributed by atoms with Crippen LogP contribution < -0.4 is 4.90 Å². The average Bonchev–Trinajstić information content (AvgIpc) is 3.63. The number of rotatable bonds is 5. The fourth-order valence-electron chi connectivity index (χ4n) is 4.97. The Hall–Kier alpha value is -3.99. The lowest BCUT2D eigenvalue weighted by Gasteiger charge is -2.36. The predicted octanol–water partition coefficient (Wildman–Crippen LogP) is 4.48. The molecule has 1 aliphatic carbocycles. The van der Waals surface area contributed by atoms with Gasteiger partial charge in [-0.05, 0) is 44.9 Å². The Morgan fingerprint density at radius 2 is 1.90 bits per heavy atom. The van der Waals surface area contributed by atoms with Gasteiger partial charge in [0.15, 0.2) is 5.65 Å². The van der Waals surface area contributed by atoms with Crippen LogP contribution in [0.4, 0.5) is 14.7 Å². The number of benzene rings is 1. The number of aryl methyl sites for hydroxylation is 1. The zero-order valence-corrected chi connectivity index (χ0v) is 22.2. The van der Waals surface area contributed by atoms with Gasteiger partial charge in [0.05, 0.1) is 41.8 Å². The Morgan fingerprint density at radius 3 is 2.62 bits per heavy atom. The summed E-state index contributed by atoms with van der Waals surface area (Å²) in [5, 5.41) is 4.91. The molecule has 2 unspecified atom stereocenters.